The third kappa shape index (κ3) is 119. The van der Waals surface area contributed by atoms with Crippen molar-refractivity contribution >= 4 is 9.19 Å². The minimum absolute atomic E-state index is 3.33. The number of rotatable bonds is 0. The van der Waals surface area contributed by atoms with Crippen molar-refractivity contribution in [2.45, 2.75) is 0 Å². The van der Waals surface area contributed by atoms with Gasteiger partial charge in [0.2, 0.25) is 0 Å². The predicted molar refractivity (Wildman–Crippen MR) is 10.3 cm³/mol. The summed E-state index contributed by atoms with van der Waals surface area (Å²) in [5.74, 6) is 0. The van der Waals surface area contributed by atoms with E-state index < -0.39 is 16.9 Å². The van der Waals surface area contributed by atoms with Gasteiger partial charge in [-0.1, -0.05) is 0 Å². The first kappa shape index (κ1) is 6.75. The van der Waals surface area contributed by atoms with Crippen LogP contribution in [0.1, 0.15) is 0 Å². The van der Waals surface area contributed by atoms with Crippen LogP contribution in [-0.2, 0) is 16.9 Å². The molecule has 0 aromatic carbocycles. The Bertz CT molecular complexity index is 40.7. The van der Waals surface area contributed by atoms with E-state index in [1.165, 1.54) is 0 Å². The molecule has 0 saturated carbocycles. The van der Waals surface area contributed by atoms with E-state index in [0.717, 1.165) is 0 Å². The molecule has 0 aromatic rings. The Morgan fingerprint density at radius 3 is 1.00 bits per heavy atom. The SMILES string of the molecule is [F][Ta]([F])([F])([F])[Cl]. The van der Waals surface area contributed by atoms with Crippen molar-refractivity contribution in [3.63, 3.8) is 0 Å². The van der Waals surface area contributed by atoms with Gasteiger partial charge in [-0.15, -0.1) is 0 Å². The van der Waals surface area contributed by atoms with Crippen molar-refractivity contribution in [2.24, 2.45) is 0 Å². The van der Waals surface area contributed by atoms with Gasteiger partial charge in [0.1, 0.15) is 0 Å². The average molecular weight is 292 g/mol. The molecular weight excluding hydrogens is 292 g/mol. The molecule has 0 aliphatic rings. The number of halogens is 5. The van der Waals surface area contributed by atoms with Gasteiger partial charge in [0.05, 0.1) is 0 Å². The zero-order chi connectivity index (χ0) is 5.45. The van der Waals surface area contributed by atoms with E-state index in [0.29, 0.717) is 0 Å². The number of hydrogen-bond acceptors (Lipinski definition) is 0. The van der Waals surface area contributed by atoms with Crippen LogP contribution >= 0.6 is 9.19 Å². The van der Waals surface area contributed by atoms with Crippen molar-refractivity contribution in [1.82, 2.24) is 0 Å². The van der Waals surface area contributed by atoms with E-state index >= 15 is 0 Å². The van der Waals surface area contributed by atoms with Crippen LogP contribution in [0.2, 0.25) is 0 Å². The van der Waals surface area contributed by atoms with Crippen LogP contribution in [0.15, 0.2) is 0 Å². The standard InChI is InChI=1S/ClH.4FH.Ta/h5*1H;/q;;;;;+5/p-5. The molecule has 0 aliphatic heterocycles. The second-order valence-electron chi connectivity index (χ2n) is 0.639. The van der Waals surface area contributed by atoms with Gasteiger partial charge in [0.25, 0.3) is 0 Å². The summed E-state index contributed by atoms with van der Waals surface area (Å²) in [5, 5.41) is 0. The molecule has 6 heteroatoms. The summed E-state index contributed by atoms with van der Waals surface area (Å²) in [6.45, 7) is 0. The van der Waals surface area contributed by atoms with Gasteiger partial charge in [-0.2, -0.15) is 0 Å². The van der Waals surface area contributed by atoms with Crippen molar-refractivity contribution in [3.05, 3.63) is 0 Å². The van der Waals surface area contributed by atoms with E-state index in [2.05, 4.69) is 9.19 Å². The van der Waals surface area contributed by atoms with Crippen molar-refractivity contribution < 1.29 is 29.0 Å². The normalized spacial score (nSPS) is 19.2. The molecule has 0 rings (SSSR count). The third-order valence-corrected chi connectivity index (χ3v) is 0. The fraction of sp³-hybridized carbons (Fsp3) is 0. The molecule has 0 unspecified atom stereocenters. The van der Waals surface area contributed by atoms with Gasteiger partial charge in [-0.25, -0.2) is 0 Å². The van der Waals surface area contributed by atoms with Crippen LogP contribution in [-0.4, -0.2) is 0 Å². The summed E-state index contributed by atoms with van der Waals surface area (Å²) in [4.78, 5) is 0. The van der Waals surface area contributed by atoms with E-state index in [4.69, 9.17) is 0 Å². The molecular formula is ClF4Ta. The molecule has 0 radical (unpaired) electrons. The second-order valence-corrected chi connectivity index (χ2v) is 9.41. The number of hydrogen-bond donors (Lipinski definition) is 0. The van der Waals surface area contributed by atoms with Crippen LogP contribution in [0, 0.1) is 0 Å². The summed E-state index contributed by atoms with van der Waals surface area (Å²) < 4.78 is 41.4. The first-order valence-corrected chi connectivity index (χ1v) is 9.69. The Morgan fingerprint density at radius 2 is 1.00 bits per heavy atom. The topological polar surface area (TPSA) is 0 Å². The molecule has 0 aliphatic carbocycles. The Labute approximate surface area is 38.7 Å². The van der Waals surface area contributed by atoms with E-state index in [9.17, 15) is 12.1 Å². The molecule has 0 fully saturated rings. The molecule has 0 amide bonds. The monoisotopic (exact) mass is 292 g/mol. The van der Waals surface area contributed by atoms with Gasteiger partial charge in [-0.3, -0.25) is 0 Å². The Kier molecular flexibility index (Phi) is 1.26. The van der Waals surface area contributed by atoms with Gasteiger partial charge < -0.3 is 0 Å². The minimum atomic E-state index is -8.33. The van der Waals surface area contributed by atoms with E-state index in [1.54, 1.807) is 0 Å². The molecule has 0 N–H and O–H groups in total. The van der Waals surface area contributed by atoms with Crippen LogP contribution in [0.4, 0.5) is 12.1 Å². The van der Waals surface area contributed by atoms with Gasteiger partial charge >= 0.3 is 38.2 Å². The molecule has 0 aromatic heterocycles. The Balaban J connectivity index is 3.73. The van der Waals surface area contributed by atoms with E-state index in [1.807, 2.05) is 0 Å². The fourth-order valence-corrected chi connectivity index (χ4v) is 0. The van der Waals surface area contributed by atoms with Gasteiger partial charge in [0.15, 0.2) is 0 Å². The van der Waals surface area contributed by atoms with Crippen LogP contribution < -0.4 is 0 Å². The summed E-state index contributed by atoms with van der Waals surface area (Å²) in [5.41, 5.74) is 0. The Hall–Kier alpha value is 0.750. The first-order chi connectivity index (χ1) is 2.24. The maximum absolute atomic E-state index is 10.4. The van der Waals surface area contributed by atoms with Gasteiger partial charge in [-0.05, 0) is 0 Å². The molecule has 0 atom stereocenters. The zero-order valence-corrected chi connectivity index (χ0v) is 6.31. The first-order valence-electron chi connectivity index (χ1n) is 0.845. The van der Waals surface area contributed by atoms with E-state index in [-0.39, 0.29) is 0 Å². The molecule has 6 heavy (non-hydrogen) atoms. The summed E-state index contributed by atoms with van der Waals surface area (Å²) in [6, 6.07) is 0. The Morgan fingerprint density at radius 1 is 1.00 bits per heavy atom. The van der Waals surface area contributed by atoms with Crippen molar-refractivity contribution in [2.75, 3.05) is 0 Å². The quantitative estimate of drug-likeness (QED) is 0.601. The molecule has 40 valence electrons. The fourth-order valence-electron chi connectivity index (χ4n) is 0. The third-order valence-electron chi connectivity index (χ3n) is 0. The molecule has 0 bridgehead atoms. The van der Waals surface area contributed by atoms with Crippen LogP contribution in [0.25, 0.3) is 0 Å². The van der Waals surface area contributed by atoms with Crippen molar-refractivity contribution in [1.29, 1.82) is 0 Å². The predicted octanol–water partition coefficient (Wildman–Crippen LogP) is 2.37. The zero-order valence-electron chi connectivity index (χ0n) is 2.34. The molecule has 0 nitrogen and oxygen atoms in total. The molecule has 0 heterocycles. The van der Waals surface area contributed by atoms with Crippen LogP contribution in [0.3, 0.4) is 0 Å². The van der Waals surface area contributed by atoms with Crippen molar-refractivity contribution in [3.8, 4) is 0 Å². The maximum atomic E-state index is 10.4. The molecule has 0 saturated heterocycles. The second kappa shape index (κ2) is 1.12. The van der Waals surface area contributed by atoms with Crippen LogP contribution in [0.5, 0.6) is 0 Å². The molecule has 0 spiro atoms. The summed E-state index contributed by atoms with van der Waals surface area (Å²) in [7, 11) is 3.33. The average Bonchev–Trinajstić information content (AvgIpc) is 0.650. The summed E-state index contributed by atoms with van der Waals surface area (Å²) >= 11 is -8.33. The summed E-state index contributed by atoms with van der Waals surface area (Å²) in [6.07, 6.45) is 0. The van der Waals surface area contributed by atoms with Gasteiger partial charge in [0, 0.05) is 0 Å².